The Hall–Kier alpha value is -4.40. The van der Waals surface area contributed by atoms with Crippen molar-refractivity contribution in [1.82, 2.24) is 24.7 Å². The van der Waals surface area contributed by atoms with E-state index in [4.69, 9.17) is 26.3 Å². The van der Waals surface area contributed by atoms with E-state index >= 15 is 0 Å². The zero-order valence-corrected chi connectivity index (χ0v) is 25.3. The SMILES string of the molecule is C=CC(=O)N1CCN(c2nc(OCN3CCCC3C)nc3c2CN(C(=O)c2cc(O)cc4cccc(Cl)c24)C3)C[C@@H]1CC#N. The third kappa shape index (κ3) is 5.63. The van der Waals surface area contributed by atoms with Crippen LogP contribution >= 0.6 is 11.6 Å². The van der Waals surface area contributed by atoms with Crippen LogP contribution in [0.15, 0.2) is 43.0 Å². The summed E-state index contributed by atoms with van der Waals surface area (Å²) in [6, 6.07) is 10.8. The maximum atomic E-state index is 14.0. The molecule has 0 aliphatic carbocycles. The van der Waals surface area contributed by atoms with Crippen molar-refractivity contribution in [2.24, 2.45) is 0 Å². The first-order chi connectivity index (χ1) is 21.3. The van der Waals surface area contributed by atoms with Gasteiger partial charge in [0.1, 0.15) is 18.3 Å². The number of rotatable bonds is 7. The Morgan fingerprint density at radius 3 is 2.82 bits per heavy atom. The highest BCUT2D eigenvalue weighted by molar-refractivity contribution is 6.37. The van der Waals surface area contributed by atoms with E-state index in [1.807, 2.05) is 0 Å². The van der Waals surface area contributed by atoms with Crippen molar-refractivity contribution in [3.8, 4) is 17.8 Å². The van der Waals surface area contributed by atoms with Gasteiger partial charge in [-0.05, 0) is 49.4 Å². The minimum Gasteiger partial charge on any atom is -0.508 e. The Labute approximate surface area is 260 Å². The molecule has 1 N–H and O–H groups in total. The van der Waals surface area contributed by atoms with E-state index < -0.39 is 0 Å². The van der Waals surface area contributed by atoms with Crippen LogP contribution in [0.2, 0.25) is 5.02 Å². The molecule has 2 fully saturated rings. The van der Waals surface area contributed by atoms with Crippen LogP contribution in [0.5, 0.6) is 11.8 Å². The van der Waals surface area contributed by atoms with Crippen molar-refractivity contribution in [1.29, 1.82) is 5.26 Å². The van der Waals surface area contributed by atoms with Crippen molar-refractivity contribution in [3.63, 3.8) is 0 Å². The average Bonchev–Trinajstić information content (AvgIpc) is 3.64. The van der Waals surface area contributed by atoms with Gasteiger partial charge in [0.15, 0.2) is 0 Å². The van der Waals surface area contributed by atoms with Gasteiger partial charge >= 0.3 is 6.01 Å². The van der Waals surface area contributed by atoms with E-state index in [-0.39, 0.29) is 49.1 Å². The number of aromatic hydroxyl groups is 1. The molecule has 3 aromatic rings. The second kappa shape index (κ2) is 12.3. The Balaban J connectivity index is 1.33. The molecule has 1 unspecified atom stereocenters. The maximum absolute atomic E-state index is 14.0. The van der Waals surface area contributed by atoms with Gasteiger partial charge in [-0.2, -0.15) is 15.2 Å². The van der Waals surface area contributed by atoms with E-state index in [1.165, 1.54) is 12.1 Å². The smallest absolute Gasteiger partial charge is 0.320 e. The number of amides is 2. The number of anilines is 1. The number of carbonyl (C=O) groups excluding carboxylic acids is 2. The minimum atomic E-state index is -0.348. The Morgan fingerprint density at radius 1 is 1.23 bits per heavy atom. The molecule has 11 nitrogen and oxygen atoms in total. The van der Waals surface area contributed by atoms with Gasteiger partial charge in [-0.15, -0.1) is 0 Å². The lowest BCUT2D eigenvalue weighted by atomic mass is 10.0. The van der Waals surface area contributed by atoms with Crippen LogP contribution in [0, 0.1) is 11.3 Å². The quantitative estimate of drug-likeness (QED) is 0.391. The lowest BCUT2D eigenvalue weighted by Crippen LogP contribution is -2.55. The van der Waals surface area contributed by atoms with Crippen LogP contribution in [0.3, 0.4) is 0 Å². The molecule has 44 heavy (non-hydrogen) atoms. The molecule has 2 saturated heterocycles. The number of nitriles is 1. The highest BCUT2D eigenvalue weighted by Crippen LogP contribution is 2.36. The topological polar surface area (TPSA) is 126 Å². The van der Waals surface area contributed by atoms with Crippen LogP contribution < -0.4 is 9.64 Å². The Morgan fingerprint density at radius 2 is 2.07 bits per heavy atom. The summed E-state index contributed by atoms with van der Waals surface area (Å²) in [4.78, 5) is 43.7. The highest BCUT2D eigenvalue weighted by atomic mass is 35.5. The number of piperazine rings is 1. The molecule has 3 aliphatic rings. The number of nitrogens with zero attached hydrogens (tertiary/aromatic N) is 7. The van der Waals surface area contributed by atoms with Crippen molar-refractivity contribution in [2.75, 3.05) is 37.8 Å². The molecule has 4 heterocycles. The minimum absolute atomic E-state index is 0.0254. The van der Waals surface area contributed by atoms with Gasteiger partial charge in [-0.3, -0.25) is 14.5 Å². The molecule has 3 aliphatic heterocycles. The molecule has 0 bridgehead atoms. The fraction of sp³-hybridized carbons (Fsp3) is 0.406. The van der Waals surface area contributed by atoms with Crippen LogP contribution in [-0.4, -0.2) is 86.6 Å². The molecule has 2 aromatic carbocycles. The largest absolute Gasteiger partial charge is 0.508 e. The number of phenols is 1. The van der Waals surface area contributed by atoms with Crippen molar-refractivity contribution in [2.45, 2.75) is 51.4 Å². The fourth-order valence-electron chi connectivity index (χ4n) is 6.45. The van der Waals surface area contributed by atoms with Crippen LogP contribution in [-0.2, 0) is 17.9 Å². The van der Waals surface area contributed by atoms with Crippen molar-refractivity contribution in [3.05, 3.63) is 64.8 Å². The maximum Gasteiger partial charge on any atom is 0.320 e. The number of phenolic OH excluding ortho intramolecular Hbond substituents is 1. The highest BCUT2D eigenvalue weighted by Gasteiger charge is 2.36. The summed E-state index contributed by atoms with van der Waals surface area (Å²) < 4.78 is 6.13. The number of ether oxygens (including phenoxy) is 1. The molecule has 0 radical (unpaired) electrons. The van der Waals surface area contributed by atoms with Gasteiger partial charge in [0.25, 0.3) is 5.91 Å². The normalized spacial score (nSPS) is 20.1. The first-order valence-electron chi connectivity index (χ1n) is 14.8. The van der Waals surface area contributed by atoms with Gasteiger partial charge in [0, 0.05) is 48.2 Å². The summed E-state index contributed by atoms with van der Waals surface area (Å²) in [6.45, 7) is 8.81. The molecule has 12 heteroatoms. The van der Waals surface area contributed by atoms with Gasteiger partial charge in [-0.1, -0.05) is 30.3 Å². The third-order valence-electron chi connectivity index (χ3n) is 8.79. The summed E-state index contributed by atoms with van der Waals surface area (Å²) in [6.07, 6.45) is 3.65. The number of aromatic nitrogens is 2. The Kier molecular flexibility index (Phi) is 8.29. The van der Waals surface area contributed by atoms with E-state index in [1.54, 1.807) is 34.1 Å². The molecular formula is C32H34ClN7O4. The molecule has 2 amide bonds. The monoisotopic (exact) mass is 615 g/mol. The molecule has 1 aromatic heterocycles. The molecule has 0 spiro atoms. The number of carbonyl (C=O) groups is 2. The zero-order chi connectivity index (χ0) is 31.0. The second-order valence-electron chi connectivity index (χ2n) is 11.5. The van der Waals surface area contributed by atoms with E-state index in [9.17, 15) is 20.0 Å². The third-order valence-corrected chi connectivity index (χ3v) is 9.10. The summed E-state index contributed by atoms with van der Waals surface area (Å²) in [5, 5.41) is 21.6. The first-order valence-corrected chi connectivity index (χ1v) is 15.2. The number of hydrogen-bond acceptors (Lipinski definition) is 9. The van der Waals surface area contributed by atoms with Gasteiger partial charge < -0.3 is 24.5 Å². The summed E-state index contributed by atoms with van der Waals surface area (Å²) in [5.41, 5.74) is 1.76. The Bertz CT molecular complexity index is 1670. The number of halogens is 1. The van der Waals surface area contributed by atoms with Crippen LogP contribution in [0.25, 0.3) is 10.8 Å². The van der Waals surface area contributed by atoms with Gasteiger partial charge in [-0.25, -0.2) is 0 Å². The summed E-state index contributed by atoms with van der Waals surface area (Å²) in [7, 11) is 0. The lowest BCUT2D eigenvalue weighted by Gasteiger charge is -2.41. The van der Waals surface area contributed by atoms with Crippen molar-refractivity contribution < 1.29 is 19.4 Å². The summed E-state index contributed by atoms with van der Waals surface area (Å²) in [5.74, 6) is 0.0974. The molecule has 0 saturated carbocycles. The van der Waals surface area contributed by atoms with Crippen molar-refractivity contribution >= 4 is 40.0 Å². The fourth-order valence-corrected chi connectivity index (χ4v) is 6.73. The van der Waals surface area contributed by atoms with Gasteiger partial charge in [0.2, 0.25) is 5.91 Å². The lowest BCUT2D eigenvalue weighted by molar-refractivity contribution is -0.128. The standard InChI is InChI=1S/C32H34ClN7O4/c1-3-28(42)40-13-12-37(16-22(40)9-10-34)30-25-17-39(18-27(25)35-32(36-30)44-19-38-11-5-6-20(38)2)31(43)24-15-23(41)14-21-7-4-8-26(33)29(21)24/h3-4,7-8,14-15,20,22,41H,1,5-6,9,11-13,16-19H2,2H3/t20?,22-/m0/s1. The zero-order valence-electron chi connectivity index (χ0n) is 24.6. The van der Waals surface area contributed by atoms with Crippen LogP contribution in [0.4, 0.5) is 5.82 Å². The van der Waals surface area contributed by atoms with Gasteiger partial charge in [0.05, 0.1) is 42.9 Å². The number of hydrogen-bond donors (Lipinski definition) is 1. The van der Waals surface area contributed by atoms with E-state index in [0.717, 1.165) is 24.9 Å². The first kappa shape index (κ1) is 29.7. The second-order valence-corrected chi connectivity index (χ2v) is 11.9. The molecular weight excluding hydrogens is 582 g/mol. The predicted molar refractivity (Wildman–Crippen MR) is 165 cm³/mol. The number of benzene rings is 2. The van der Waals surface area contributed by atoms with E-state index in [0.29, 0.717) is 65.3 Å². The number of fused-ring (bicyclic) bond motifs is 2. The van der Waals surface area contributed by atoms with E-state index in [2.05, 4.69) is 29.4 Å². The molecule has 228 valence electrons. The predicted octanol–water partition coefficient (Wildman–Crippen LogP) is 4.08. The number of likely N-dealkylation sites (tertiary alicyclic amines) is 1. The van der Waals surface area contributed by atoms with Crippen LogP contribution in [0.1, 0.15) is 47.8 Å². The average molecular weight is 616 g/mol. The molecule has 2 atom stereocenters. The molecule has 6 rings (SSSR count). The summed E-state index contributed by atoms with van der Waals surface area (Å²) >= 11 is 6.53.